The molecule has 0 bridgehead atoms. The van der Waals surface area contributed by atoms with Crippen LogP contribution in [0, 0.1) is 11.3 Å². The molecule has 2 aromatic rings. The summed E-state index contributed by atoms with van der Waals surface area (Å²) >= 11 is 0. The summed E-state index contributed by atoms with van der Waals surface area (Å²) in [5.74, 6) is 0.796. The summed E-state index contributed by atoms with van der Waals surface area (Å²) in [6, 6.07) is 13.7. The summed E-state index contributed by atoms with van der Waals surface area (Å²) < 4.78 is 12.1. The SMILES string of the molecule is N#Cc1ccc(N2CCC3(CC(Oc4cccnc4)CO3)C2)cc1. The molecule has 0 amide bonds. The molecule has 0 saturated carbocycles. The Bertz CT molecular complexity index is 741. The van der Waals surface area contributed by atoms with E-state index in [1.165, 1.54) is 0 Å². The van der Waals surface area contributed by atoms with Crippen molar-refractivity contribution >= 4 is 5.69 Å². The first kappa shape index (κ1) is 15.0. The molecule has 24 heavy (non-hydrogen) atoms. The van der Waals surface area contributed by atoms with Crippen LogP contribution in [0.1, 0.15) is 18.4 Å². The number of hydrogen-bond acceptors (Lipinski definition) is 5. The van der Waals surface area contributed by atoms with E-state index < -0.39 is 0 Å². The van der Waals surface area contributed by atoms with E-state index in [9.17, 15) is 0 Å². The summed E-state index contributed by atoms with van der Waals surface area (Å²) in [5, 5.41) is 8.91. The lowest BCUT2D eigenvalue weighted by molar-refractivity contribution is 0.0195. The molecule has 2 aliphatic rings. The Hall–Kier alpha value is -2.58. The van der Waals surface area contributed by atoms with Gasteiger partial charge in [0.25, 0.3) is 0 Å². The van der Waals surface area contributed by atoms with Crippen molar-refractivity contribution in [2.75, 3.05) is 24.6 Å². The van der Waals surface area contributed by atoms with Gasteiger partial charge in [-0.15, -0.1) is 0 Å². The maximum Gasteiger partial charge on any atom is 0.138 e. The van der Waals surface area contributed by atoms with Crippen LogP contribution in [0.25, 0.3) is 0 Å². The first-order valence-corrected chi connectivity index (χ1v) is 8.22. The van der Waals surface area contributed by atoms with Gasteiger partial charge in [0.1, 0.15) is 11.9 Å². The second kappa shape index (κ2) is 6.14. The minimum Gasteiger partial charge on any atom is -0.486 e. The van der Waals surface area contributed by atoms with Crippen LogP contribution in [0.2, 0.25) is 0 Å². The smallest absolute Gasteiger partial charge is 0.138 e. The van der Waals surface area contributed by atoms with Crippen molar-refractivity contribution in [3.05, 3.63) is 54.4 Å². The van der Waals surface area contributed by atoms with Gasteiger partial charge in [0.2, 0.25) is 0 Å². The van der Waals surface area contributed by atoms with Gasteiger partial charge in [0, 0.05) is 31.4 Å². The third kappa shape index (κ3) is 2.93. The topological polar surface area (TPSA) is 58.4 Å². The first-order valence-electron chi connectivity index (χ1n) is 8.22. The molecule has 0 aliphatic carbocycles. The predicted molar refractivity (Wildman–Crippen MR) is 89.9 cm³/mol. The molecule has 5 heteroatoms. The number of benzene rings is 1. The van der Waals surface area contributed by atoms with Gasteiger partial charge in [-0.1, -0.05) is 0 Å². The number of hydrogen-bond donors (Lipinski definition) is 0. The predicted octanol–water partition coefficient (Wildman–Crippen LogP) is 2.77. The molecule has 122 valence electrons. The standard InChI is InChI=1S/C19H19N3O2/c20-11-15-3-5-16(6-4-15)22-9-7-19(14-22)10-18(13-23-19)24-17-2-1-8-21-12-17/h1-6,8,12,18H,7,9-10,13-14H2. The van der Waals surface area contributed by atoms with E-state index in [2.05, 4.69) is 16.0 Å². The molecule has 2 unspecified atom stereocenters. The molecule has 2 aliphatic heterocycles. The van der Waals surface area contributed by atoms with Crippen LogP contribution in [-0.2, 0) is 4.74 Å². The van der Waals surface area contributed by atoms with Crippen molar-refractivity contribution in [1.82, 2.24) is 4.98 Å². The maximum atomic E-state index is 8.91. The summed E-state index contributed by atoms with van der Waals surface area (Å²) in [5.41, 5.74) is 1.71. The normalized spacial score (nSPS) is 25.8. The van der Waals surface area contributed by atoms with Gasteiger partial charge in [-0.25, -0.2) is 0 Å². The molecule has 4 rings (SSSR count). The van der Waals surface area contributed by atoms with Crippen LogP contribution < -0.4 is 9.64 Å². The lowest BCUT2D eigenvalue weighted by atomic mass is 9.98. The molecule has 2 saturated heterocycles. The number of nitrogens with zero attached hydrogens (tertiary/aromatic N) is 3. The molecular weight excluding hydrogens is 302 g/mol. The molecule has 2 fully saturated rings. The van der Waals surface area contributed by atoms with Crippen molar-refractivity contribution in [2.24, 2.45) is 0 Å². The van der Waals surface area contributed by atoms with E-state index >= 15 is 0 Å². The molecule has 1 aromatic carbocycles. The Morgan fingerprint density at radius 1 is 1.29 bits per heavy atom. The molecule has 2 atom stereocenters. The Kier molecular flexibility index (Phi) is 3.83. The van der Waals surface area contributed by atoms with E-state index in [4.69, 9.17) is 14.7 Å². The summed E-state index contributed by atoms with van der Waals surface area (Å²) in [4.78, 5) is 6.41. The fourth-order valence-corrected chi connectivity index (χ4v) is 3.58. The fourth-order valence-electron chi connectivity index (χ4n) is 3.58. The van der Waals surface area contributed by atoms with Crippen molar-refractivity contribution in [3.63, 3.8) is 0 Å². The van der Waals surface area contributed by atoms with Crippen LogP contribution in [-0.4, -0.2) is 36.4 Å². The average molecular weight is 321 g/mol. The van der Waals surface area contributed by atoms with E-state index in [1.807, 2.05) is 36.4 Å². The third-order valence-corrected chi connectivity index (χ3v) is 4.79. The third-order valence-electron chi connectivity index (χ3n) is 4.79. The molecule has 0 N–H and O–H groups in total. The highest BCUT2D eigenvalue weighted by Crippen LogP contribution is 2.38. The highest BCUT2D eigenvalue weighted by molar-refractivity contribution is 5.51. The van der Waals surface area contributed by atoms with Gasteiger partial charge in [-0.2, -0.15) is 5.26 Å². The van der Waals surface area contributed by atoms with Crippen molar-refractivity contribution in [3.8, 4) is 11.8 Å². The van der Waals surface area contributed by atoms with Crippen LogP contribution in [0.15, 0.2) is 48.8 Å². The summed E-state index contributed by atoms with van der Waals surface area (Å²) in [6.07, 6.45) is 5.46. The number of rotatable bonds is 3. The number of nitriles is 1. The summed E-state index contributed by atoms with van der Waals surface area (Å²) in [6.45, 7) is 2.45. The van der Waals surface area contributed by atoms with E-state index in [0.29, 0.717) is 12.2 Å². The van der Waals surface area contributed by atoms with Gasteiger partial charge >= 0.3 is 0 Å². The average Bonchev–Trinajstić information content (AvgIpc) is 3.23. The van der Waals surface area contributed by atoms with E-state index in [0.717, 1.165) is 37.4 Å². The quantitative estimate of drug-likeness (QED) is 0.870. The molecule has 3 heterocycles. The number of pyridine rings is 1. The van der Waals surface area contributed by atoms with Crippen molar-refractivity contribution in [2.45, 2.75) is 24.5 Å². The molecular formula is C19H19N3O2. The highest BCUT2D eigenvalue weighted by atomic mass is 16.6. The van der Waals surface area contributed by atoms with E-state index in [1.54, 1.807) is 12.4 Å². The minimum atomic E-state index is -0.124. The largest absolute Gasteiger partial charge is 0.486 e. The zero-order chi connectivity index (χ0) is 16.4. The van der Waals surface area contributed by atoms with Gasteiger partial charge < -0.3 is 14.4 Å². The number of aromatic nitrogens is 1. The molecule has 1 aromatic heterocycles. The van der Waals surface area contributed by atoms with Gasteiger partial charge in [-0.05, 0) is 42.8 Å². The van der Waals surface area contributed by atoms with Gasteiger partial charge in [0.15, 0.2) is 0 Å². The monoisotopic (exact) mass is 321 g/mol. The summed E-state index contributed by atoms with van der Waals surface area (Å²) in [7, 11) is 0. The fraction of sp³-hybridized carbons (Fsp3) is 0.368. The zero-order valence-corrected chi connectivity index (χ0v) is 13.4. The maximum absolute atomic E-state index is 8.91. The number of anilines is 1. The highest BCUT2D eigenvalue weighted by Gasteiger charge is 2.46. The zero-order valence-electron chi connectivity index (χ0n) is 13.4. The Balaban J connectivity index is 1.40. The first-order chi connectivity index (χ1) is 11.8. The molecule has 1 spiro atoms. The van der Waals surface area contributed by atoms with Crippen LogP contribution in [0.4, 0.5) is 5.69 Å². The Morgan fingerprint density at radius 3 is 2.92 bits per heavy atom. The van der Waals surface area contributed by atoms with Crippen molar-refractivity contribution < 1.29 is 9.47 Å². The lowest BCUT2D eigenvalue weighted by Crippen LogP contribution is -2.33. The Labute approximate surface area is 141 Å². The Morgan fingerprint density at radius 2 is 2.17 bits per heavy atom. The minimum absolute atomic E-state index is 0.0788. The molecule has 0 radical (unpaired) electrons. The van der Waals surface area contributed by atoms with Gasteiger partial charge in [0.05, 0.1) is 30.0 Å². The van der Waals surface area contributed by atoms with Crippen LogP contribution in [0.5, 0.6) is 5.75 Å². The molecule has 5 nitrogen and oxygen atoms in total. The van der Waals surface area contributed by atoms with E-state index in [-0.39, 0.29) is 11.7 Å². The van der Waals surface area contributed by atoms with Crippen molar-refractivity contribution in [1.29, 1.82) is 5.26 Å². The van der Waals surface area contributed by atoms with Crippen LogP contribution >= 0.6 is 0 Å². The number of ether oxygens (including phenoxy) is 2. The second-order valence-corrected chi connectivity index (χ2v) is 6.46. The second-order valence-electron chi connectivity index (χ2n) is 6.46. The van der Waals surface area contributed by atoms with Crippen LogP contribution in [0.3, 0.4) is 0 Å². The van der Waals surface area contributed by atoms with Gasteiger partial charge in [-0.3, -0.25) is 4.98 Å². The lowest BCUT2D eigenvalue weighted by Gasteiger charge is -2.24.